The molecule has 0 aromatic heterocycles. The van der Waals surface area contributed by atoms with Crippen LogP contribution in [0.25, 0.3) is 0 Å². The summed E-state index contributed by atoms with van der Waals surface area (Å²) in [6.07, 6.45) is 4.84. The smallest absolute Gasteiger partial charge is 0.348 e. The number of nitrogens with zero attached hydrogens (tertiary/aromatic N) is 2. The van der Waals surface area contributed by atoms with E-state index in [1.165, 1.54) is 13.4 Å². The minimum Gasteiger partial charge on any atom is -0.509 e. The van der Waals surface area contributed by atoms with E-state index in [1.54, 1.807) is 17.0 Å². The standard InChI is InChI=1S/C28H44N3O6PS/c1-27(2,3)15-16-31-24(28(4,5)6)23(32)22(26(31)33)25-29-20-14-13-19(12-10-9-11-17-39(8,35)36)18-21(20)38(34,30-25)37-7/h13-14,18,24,32H,9-12,15-17H2,1-8H3,(H,29,30,34)/t24-,38?/m1/s1. The number of nitrogens with one attached hydrogen (secondary N) is 1. The van der Waals surface area contributed by atoms with Gasteiger partial charge in [0.15, 0.2) is 5.84 Å². The van der Waals surface area contributed by atoms with Crippen molar-refractivity contribution in [2.75, 3.05) is 31.0 Å². The second kappa shape index (κ2) is 11.4. The molecule has 0 radical (unpaired) electrons. The summed E-state index contributed by atoms with van der Waals surface area (Å²) >= 11 is 0. The van der Waals surface area contributed by atoms with Crippen LogP contribution in [0.1, 0.15) is 72.8 Å². The van der Waals surface area contributed by atoms with Gasteiger partial charge in [-0.2, -0.15) is 4.76 Å². The maximum Gasteiger partial charge on any atom is 0.348 e. The normalized spacial score (nSPS) is 22.2. The van der Waals surface area contributed by atoms with Crippen LogP contribution in [0.3, 0.4) is 0 Å². The van der Waals surface area contributed by atoms with E-state index in [0.717, 1.165) is 24.8 Å². The number of aryl methyl sites for hydroxylation is 1. The third-order valence-corrected chi connectivity index (χ3v) is 10.0. The zero-order valence-corrected chi connectivity index (χ0v) is 26.2. The highest BCUT2D eigenvalue weighted by Gasteiger charge is 2.48. The highest BCUT2D eigenvalue weighted by Crippen LogP contribution is 2.52. The minimum absolute atomic E-state index is 0.00218. The number of fused-ring (bicyclic) bond motifs is 1. The van der Waals surface area contributed by atoms with Crippen LogP contribution < -0.4 is 10.6 Å². The molecule has 1 aromatic carbocycles. The Morgan fingerprint density at radius 3 is 2.36 bits per heavy atom. The van der Waals surface area contributed by atoms with Gasteiger partial charge >= 0.3 is 7.52 Å². The molecular weight excluding hydrogens is 537 g/mol. The van der Waals surface area contributed by atoms with Crippen LogP contribution in [-0.4, -0.2) is 61.9 Å². The van der Waals surface area contributed by atoms with Crippen LogP contribution >= 0.6 is 7.52 Å². The Kier molecular flexibility index (Phi) is 9.15. The average molecular weight is 582 g/mol. The molecule has 218 valence electrons. The van der Waals surface area contributed by atoms with Crippen molar-refractivity contribution >= 4 is 40.1 Å². The number of hydrogen-bond acceptors (Lipinski definition) is 7. The van der Waals surface area contributed by atoms with E-state index in [2.05, 4.69) is 30.9 Å². The summed E-state index contributed by atoms with van der Waals surface area (Å²) in [5, 5.41) is 14.9. The largest absolute Gasteiger partial charge is 0.509 e. The lowest BCUT2D eigenvalue weighted by Crippen LogP contribution is -2.45. The Balaban J connectivity index is 1.89. The molecule has 0 saturated carbocycles. The third kappa shape index (κ3) is 7.53. The maximum absolute atomic E-state index is 13.9. The number of sulfone groups is 1. The Labute approximate surface area is 233 Å². The highest BCUT2D eigenvalue weighted by atomic mass is 32.2. The minimum atomic E-state index is -3.73. The van der Waals surface area contributed by atoms with Gasteiger partial charge in [-0.05, 0) is 54.2 Å². The molecule has 2 atom stereocenters. The molecule has 1 unspecified atom stereocenters. The molecule has 0 saturated heterocycles. The van der Waals surface area contributed by atoms with E-state index >= 15 is 0 Å². The SMILES string of the molecule is COP1(=O)N=C(C2=C(O)[C@H](C(C)(C)C)N(CCC(C)(C)C)C2=O)Nc2ccc(CCCCCS(C)(=O)=O)cc21. The first-order valence-electron chi connectivity index (χ1n) is 13.4. The first-order chi connectivity index (χ1) is 17.9. The van der Waals surface area contributed by atoms with Gasteiger partial charge in [-0.1, -0.05) is 54.0 Å². The lowest BCUT2D eigenvalue weighted by molar-refractivity contribution is -0.128. The Bertz CT molecular complexity index is 1320. The van der Waals surface area contributed by atoms with E-state index in [9.17, 15) is 22.9 Å². The molecule has 2 aliphatic heterocycles. The van der Waals surface area contributed by atoms with Gasteiger partial charge in [-0.15, -0.1) is 0 Å². The number of carbonyl (C=O) groups excluding carboxylic acids is 1. The molecule has 1 aromatic rings. The predicted octanol–water partition coefficient (Wildman–Crippen LogP) is 5.24. The van der Waals surface area contributed by atoms with E-state index < -0.39 is 28.8 Å². The molecule has 11 heteroatoms. The van der Waals surface area contributed by atoms with Gasteiger partial charge < -0.3 is 19.8 Å². The molecule has 2 heterocycles. The molecule has 0 fully saturated rings. The third-order valence-electron chi connectivity index (χ3n) is 7.04. The number of aliphatic hydroxyl groups is 1. The second-order valence-electron chi connectivity index (χ2n) is 12.9. The van der Waals surface area contributed by atoms with E-state index in [0.29, 0.717) is 30.4 Å². The summed E-state index contributed by atoms with van der Waals surface area (Å²) in [6.45, 7) is 12.7. The summed E-state index contributed by atoms with van der Waals surface area (Å²) in [6, 6.07) is 4.95. The number of benzene rings is 1. The number of carbonyl (C=O) groups is 1. The second-order valence-corrected chi connectivity index (χ2v) is 17.3. The van der Waals surface area contributed by atoms with Crippen molar-refractivity contribution in [2.45, 2.75) is 79.7 Å². The quantitative estimate of drug-likeness (QED) is 0.286. The fraction of sp³-hybridized carbons (Fsp3) is 0.643. The number of unbranched alkanes of at least 4 members (excludes halogenated alkanes) is 2. The van der Waals surface area contributed by atoms with E-state index in [4.69, 9.17) is 4.52 Å². The molecule has 1 amide bonds. The zero-order valence-electron chi connectivity index (χ0n) is 24.5. The summed E-state index contributed by atoms with van der Waals surface area (Å²) < 4.78 is 46.4. The van der Waals surface area contributed by atoms with Crippen molar-refractivity contribution in [2.24, 2.45) is 15.6 Å². The summed E-state index contributed by atoms with van der Waals surface area (Å²) in [5.41, 5.74) is 1.04. The molecule has 39 heavy (non-hydrogen) atoms. The Morgan fingerprint density at radius 1 is 1.13 bits per heavy atom. The molecule has 3 rings (SSSR count). The molecular formula is C28H44N3O6PS. The summed E-state index contributed by atoms with van der Waals surface area (Å²) in [7, 11) is -5.38. The van der Waals surface area contributed by atoms with Crippen LogP contribution in [0.5, 0.6) is 0 Å². The zero-order chi connectivity index (χ0) is 29.4. The van der Waals surface area contributed by atoms with Crippen LogP contribution in [-0.2, 0) is 30.1 Å². The first-order valence-corrected chi connectivity index (χ1v) is 17.1. The van der Waals surface area contributed by atoms with Gasteiger partial charge in [-0.25, -0.2) is 8.42 Å². The van der Waals surface area contributed by atoms with Crippen molar-refractivity contribution in [1.82, 2.24) is 4.90 Å². The lowest BCUT2D eigenvalue weighted by Gasteiger charge is -2.36. The maximum atomic E-state index is 13.9. The van der Waals surface area contributed by atoms with Gasteiger partial charge in [-0.3, -0.25) is 9.36 Å². The van der Waals surface area contributed by atoms with Crippen molar-refractivity contribution in [3.63, 3.8) is 0 Å². The Hall–Kier alpha value is -2.16. The van der Waals surface area contributed by atoms with Crippen molar-refractivity contribution in [3.8, 4) is 0 Å². The lowest BCUT2D eigenvalue weighted by atomic mass is 9.84. The topological polar surface area (TPSA) is 125 Å². The fourth-order valence-corrected chi connectivity index (χ4v) is 7.27. The van der Waals surface area contributed by atoms with Crippen LogP contribution in [0.4, 0.5) is 5.69 Å². The highest BCUT2D eigenvalue weighted by molar-refractivity contribution is 7.90. The van der Waals surface area contributed by atoms with Crippen molar-refractivity contribution in [3.05, 3.63) is 35.1 Å². The van der Waals surface area contributed by atoms with E-state index in [1.807, 2.05) is 26.8 Å². The number of amidine groups is 1. The van der Waals surface area contributed by atoms with Gasteiger partial charge in [0.05, 0.1) is 17.0 Å². The molecule has 2 N–H and O–H groups in total. The molecule has 0 spiro atoms. The molecule has 0 bridgehead atoms. The first kappa shape index (κ1) is 31.4. The van der Waals surface area contributed by atoms with Gasteiger partial charge in [0.2, 0.25) is 0 Å². The van der Waals surface area contributed by atoms with Crippen LogP contribution in [0.2, 0.25) is 0 Å². The molecule has 9 nitrogen and oxygen atoms in total. The van der Waals surface area contributed by atoms with Crippen molar-refractivity contribution < 1.29 is 27.4 Å². The van der Waals surface area contributed by atoms with Gasteiger partial charge in [0, 0.05) is 25.7 Å². The molecule has 2 aliphatic rings. The number of anilines is 1. The number of amides is 1. The monoisotopic (exact) mass is 581 g/mol. The van der Waals surface area contributed by atoms with E-state index in [-0.39, 0.29) is 34.2 Å². The predicted molar refractivity (Wildman–Crippen MR) is 158 cm³/mol. The number of aliphatic hydroxyl groups excluding tert-OH is 1. The summed E-state index contributed by atoms with van der Waals surface area (Å²) in [4.78, 5) is 15.4. The number of hydrogen-bond donors (Lipinski definition) is 2. The van der Waals surface area contributed by atoms with Crippen LogP contribution in [0, 0.1) is 10.8 Å². The van der Waals surface area contributed by atoms with Gasteiger partial charge in [0.1, 0.15) is 21.2 Å². The summed E-state index contributed by atoms with van der Waals surface area (Å²) in [5.74, 6) is -0.205. The fourth-order valence-electron chi connectivity index (χ4n) is 4.97. The average Bonchev–Trinajstić information content (AvgIpc) is 3.06. The number of rotatable bonds is 10. The van der Waals surface area contributed by atoms with Crippen molar-refractivity contribution in [1.29, 1.82) is 0 Å². The van der Waals surface area contributed by atoms with Crippen LogP contribution in [0.15, 0.2) is 34.3 Å². The Morgan fingerprint density at radius 2 is 1.79 bits per heavy atom. The molecule has 0 aliphatic carbocycles. The van der Waals surface area contributed by atoms with Gasteiger partial charge in [0.25, 0.3) is 5.91 Å².